The lowest BCUT2D eigenvalue weighted by Crippen LogP contribution is -2.55. The van der Waals surface area contributed by atoms with Gasteiger partial charge in [0.15, 0.2) is 0 Å². The van der Waals surface area contributed by atoms with Gasteiger partial charge in [0.2, 0.25) is 5.91 Å². The number of amides is 1. The Balaban J connectivity index is 2.36. The fourth-order valence-electron chi connectivity index (χ4n) is 2.58. The van der Waals surface area contributed by atoms with Gasteiger partial charge in [-0.3, -0.25) is 4.79 Å². The Morgan fingerprint density at radius 1 is 1.53 bits per heavy atom. The Hall–Kier alpha value is -1.07. The summed E-state index contributed by atoms with van der Waals surface area (Å²) in [5.74, 6) is 0.132. The molecule has 1 aliphatic heterocycles. The highest BCUT2D eigenvalue weighted by Gasteiger charge is 2.29. The van der Waals surface area contributed by atoms with Crippen molar-refractivity contribution in [3.05, 3.63) is 28.2 Å². The molecule has 104 valence electrons. The zero-order valence-corrected chi connectivity index (χ0v) is 13.0. The lowest BCUT2D eigenvalue weighted by molar-refractivity contribution is -0.123. The van der Waals surface area contributed by atoms with Gasteiger partial charge >= 0.3 is 0 Å². The topological polar surface area (TPSA) is 44.4 Å². The van der Waals surface area contributed by atoms with Crippen LogP contribution in [0, 0.1) is 0 Å². The molecule has 0 spiro atoms. The van der Waals surface area contributed by atoms with Crippen LogP contribution in [0.3, 0.4) is 0 Å². The van der Waals surface area contributed by atoms with Crippen LogP contribution >= 0.6 is 15.9 Å². The first kappa shape index (κ1) is 14.3. The van der Waals surface area contributed by atoms with E-state index in [0.29, 0.717) is 6.54 Å². The fraction of sp³-hybridized carbons (Fsp3) is 0.500. The summed E-state index contributed by atoms with van der Waals surface area (Å²) in [7, 11) is 1.94. The Labute approximate surface area is 122 Å². The predicted molar refractivity (Wildman–Crippen MR) is 81.3 cm³/mol. The summed E-state index contributed by atoms with van der Waals surface area (Å²) in [4.78, 5) is 14.2. The molecule has 1 amide bonds. The van der Waals surface area contributed by atoms with Gasteiger partial charge in [0.25, 0.3) is 0 Å². The fourth-order valence-corrected chi connectivity index (χ4v) is 2.98. The van der Waals surface area contributed by atoms with Gasteiger partial charge in [-0.15, -0.1) is 0 Å². The predicted octanol–water partition coefficient (Wildman–Crippen LogP) is 1.88. The molecule has 1 aromatic carbocycles. The molecule has 1 saturated heterocycles. The van der Waals surface area contributed by atoms with E-state index in [2.05, 4.69) is 50.5 Å². The second-order valence-corrected chi connectivity index (χ2v) is 5.63. The van der Waals surface area contributed by atoms with Gasteiger partial charge in [0.05, 0.1) is 0 Å². The van der Waals surface area contributed by atoms with Crippen molar-refractivity contribution in [3.8, 4) is 0 Å². The maximum atomic E-state index is 12.0. The molecule has 1 aliphatic rings. The van der Waals surface area contributed by atoms with Crippen molar-refractivity contribution in [2.45, 2.75) is 25.9 Å². The minimum atomic E-state index is -0.0643. The maximum Gasteiger partial charge on any atom is 0.242 e. The first-order valence-electron chi connectivity index (χ1n) is 6.64. The summed E-state index contributed by atoms with van der Waals surface area (Å²) in [6, 6.07) is 6.18. The minimum absolute atomic E-state index is 0.0643. The normalized spacial score (nSPS) is 19.4. The molecule has 4 nitrogen and oxygen atoms in total. The van der Waals surface area contributed by atoms with Crippen LogP contribution in [0.4, 0.5) is 5.69 Å². The molecule has 0 aromatic heterocycles. The third-order valence-corrected chi connectivity index (χ3v) is 3.93. The number of benzene rings is 1. The van der Waals surface area contributed by atoms with Crippen molar-refractivity contribution in [1.82, 2.24) is 10.6 Å². The van der Waals surface area contributed by atoms with E-state index in [9.17, 15) is 4.79 Å². The van der Waals surface area contributed by atoms with E-state index < -0.39 is 0 Å². The number of rotatable bonds is 4. The van der Waals surface area contributed by atoms with Gasteiger partial charge < -0.3 is 15.5 Å². The minimum Gasteiger partial charge on any atom is -0.357 e. The SMILES string of the molecule is CCC1C(=O)NCCN1c1ccc(Br)cc1CNC. The number of hydrogen-bond donors (Lipinski definition) is 2. The highest BCUT2D eigenvalue weighted by atomic mass is 79.9. The molecule has 19 heavy (non-hydrogen) atoms. The van der Waals surface area contributed by atoms with Crippen LogP contribution < -0.4 is 15.5 Å². The number of carbonyl (C=O) groups is 1. The summed E-state index contributed by atoms with van der Waals surface area (Å²) in [5.41, 5.74) is 2.37. The number of piperazine rings is 1. The van der Waals surface area contributed by atoms with Crippen LogP contribution in [0.15, 0.2) is 22.7 Å². The van der Waals surface area contributed by atoms with E-state index in [1.54, 1.807) is 0 Å². The molecule has 1 fully saturated rings. The largest absolute Gasteiger partial charge is 0.357 e. The highest BCUT2D eigenvalue weighted by molar-refractivity contribution is 9.10. The number of halogens is 1. The molecule has 0 radical (unpaired) electrons. The Bertz CT molecular complexity index is 464. The lowest BCUT2D eigenvalue weighted by Gasteiger charge is -2.37. The quantitative estimate of drug-likeness (QED) is 0.888. The standard InChI is InChI=1S/C14H20BrN3O/c1-3-12-14(19)17-6-7-18(12)13-5-4-11(15)8-10(13)9-16-2/h4-5,8,12,16H,3,6-7,9H2,1-2H3,(H,17,19). The van der Waals surface area contributed by atoms with Crippen molar-refractivity contribution >= 4 is 27.5 Å². The van der Waals surface area contributed by atoms with E-state index >= 15 is 0 Å². The van der Waals surface area contributed by atoms with E-state index in [1.165, 1.54) is 5.56 Å². The zero-order chi connectivity index (χ0) is 13.8. The molecule has 1 aromatic rings. The van der Waals surface area contributed by atoms with Gasteiger partial charge in [0, 0.05) is 29.8 Å². The molecule has 5 heteroatoms. The summed E-state index contributed by atoms with van der Waals surface area (Å²) >= 11 is 3.51. The lowest BCUT2D eigenvalue weighted by atomic mass is 10.1. The average molecular weight is 326 g/mol. The van der Waals surface area contributed by atoms with E-state index in [0.717, 1.165) is 29.7 Å². The Kier molecular flexibility index (Phi) is 4.82. The molecule has 1 atom stereocenters. The smallest absolute Gasteiger partial charge is 0.242 e. The Morgan fingerprint density at radius 2 is 2.32 bits per heavy atom. The van der Waals surface area contributed by atoms with Crippen LogP contribution in [0.2, 0.25) is 0 Å². The number of anilines is 1. The summed E-state index contributed by atoms with van der Waals surface area (Å²) in [6.07, 6.45) is 0.820. The average Bonchev–Trinajstić information content (AvgIpc) is 2.39. The highest BCUT2D eigenvalue weighted by Crippen LogP contribution is 2.27. The van der Waals surface area contributed by atoms with Crippen LogP contribution in [-0.4, -0.2) is 32.1 Å². The molecular weight excluding hydrogens is 306 g/mol. The van der Waals surface area contributed by atoms with Crippen molar-refractivity contribution < 1.29 is 4.79 Å². The van der Waals surface area contributed by atoms with Gasteiger partial charge in [-0.2, -0.15) is 0 Å². The van der Waals surface area contributed by atoms with Gasteiger partial charge in [-0.1, -0.05) is 22.9 Å². The molecule has 1 heterocycles. The summed E-state index contributed by atoms with van der Waals surface area (Å²) in [5, 5.41) is 6.13. The monoisotopic (exact) mass is 325 g/mol. The summed E-state index contributed by atoms with van der Waals surface area (Å²) in [6.45, 7) is 4.43. The van der Waals surface area contributed by atoms with Gasteiger partial charge in [-0.05, 0) is 37.2 Å². The van der Waals surface area contributed by atoms with Crippen LogP contribution in [0.5, 0.6) is 0 Å². The summed E-state index contributed by atoms with van der Waals surface area (Å²) < 4.78 is 1.07. The number of nitrogens with zero attached hydrogens (tertiary/aromatic N) is 1. The van der Waals surface area contributed by atoms with E-state index in [1.807, 2.05) is 13.1 Å². The zero-order valence-electron chi connectivity index (χ0n) is 11.4. The van der Waals surface area contributed by atoms with Crippen LogP contribution in [0.1, 0.15) is 18.9 Å². The number of hydrogen-bond acceptors (Lipinski definition) is 3. The molecule has 2 N–H and O–H groups in total. The third-order valence-electron chi connectivity index (χ3n) is 3.44. The first-order valence-corrected chi connectivity index (χ1v) is 7.44. The molecular formula is C14H20BrN3O. The second-order valence-electron chi connectivity index (χ2n) is 4.71. The van der Waals surface area contributed by atoms with Gasteiger partial charge in [0.1, 0.15) is 6.04 Å². The third kappa shape index (κ3) is 3.09. The van der Waals surface area contributed by atoms with Crippen molar-refractivity contribution in [2.24, 2.45) is 0 Å². The van der Waals surface area contributed by atoms with Gasteiger partial charge in [-0.25, -0.2) is 0 Å². The van der Waals surface area contributed by atoms with E-state index in [-0.39, 0.29) is 11.9 Å². The molecule has 0 aliphatic carbocycles. The molecule has 0 saturated carbocycles. The van der Waals surface area contributed by atoms with Crippen molar-refractivity contribution in [3.63, 3.8) is 0 Å². The first-order chi connectivity index (χ1) is 9.17. The Morgan fingerprint density at radius 3 is 3.00 bits per heavy atom. The number of carbonyl (C=O) groups excluding carboxylic acids is 1. The van der Waals surface area contributed by atoms with E-state index in [4.69, 9.17) is 0 Å². The number of nitrogens with one attached hydrogen (secondary N) is 2. The molecule has 1 unspecified atom stereocenters. The molecule has 0 bridgehead atoms. The van der Waals surface area contributed by atoms with Crippen LogP contribution in [0.25, 0.3) is 0 Å². The van der Waals surface area contributed by atoms with Crippen LogP contribution in [-0.2, 0) is 11.3 Å². The second kappa shape index (κ2) is 6.39. The maximum absolute atomic E-state index is 12.0. The molecule has 2 rings (SSSR count). The van der Waals surface area contributed by atoms with Crippen molar-refractivity contribution in [1.29, 1.82) is 0 Å². The van der Waals surface area contributed by atoms with Crippen molar-refractivity contribution in [2.75, 3.05) is 25.0 Å².